The average molecular weight is 558 g/mol. The Hall–Kier alpha value is -3.56. The molecule has 2 amide bonds. The maximum Gasteiger partial charge on any atom is 0.264 e. The van der Waals surface area contributed by atoms with E-state index in [0.29, 0.717) is 17.3 Å². The van der Waals surface area contributed by atoms with Crippen molar-refractivity contribution in [3.63, 3.8) is 0 Å². The number of ether oxygens (including phenoxy) is 1. The number of nitrogens with one attached hydrogen (secondary N) is 1. The number of hydrogen-bond acceptors (Lipinski definition) is 5. The third-order valence-corrected chi connectivity index (χ3v) is 7.99. The summed E-state index contributed by atoms with van der Waals surface area (Å²) in [7, 11) is -2.68. The topological polar surface area (TPSA) is 96.0 Å². The molecule has 0 bridgehead atoms. The Morgan fingerprint density at radius 3 is 2.18 bits per heavy atom. The van der Waals surface area contributed by atoms with Crippen molar-refractivity contribution in [3.8, 4) is 5.75 Å². The summed E-state index contributed by atoms with van der Waals surface area (Å²) in [6.45, 7) is 3.66. The molecule has 202 valence electrons. The lowest BCUT2D eigenvalue weighted by molar-refractivity contribution is -0.139. The van der Waals surface area contributed by atoms with Gasteiger partial charge in [0.05, 0.1) is 17.7 Å². The number of sulfonamides is 1. The summed E-state index contributed by atoms with van der Waals surface area (Å²) in [5.74, 6) is -0.341. The van der Waals surface area contributed by atoms with Crippen LogP contribution in [-0.2, 0) is 26.2 Å². The van der Waals surface area contributed by atoms with Gasteiger partial charge >= 0.3 is 0 Å². The number of nitrogens with zero attached hydrogens (tertiary/aromatic N) is 2. The van der Waals surface area contributed by atoms with Crippen molar-refractivity contribution in [1.29, 1.82) is 0 Å². The Kier molecular flexibility index (Phi) is 10.2. The summed E-state index contributed by atoms with van der Waals surface area (Å²) in [5, 5.41) is 3.24. The lowest BCUT2D eigenvalue weighted by atomic mass is 10.1. The monoisotopic (exact) mass is 557 g/mol. The zero-order chi connectivity index (χ0) is 27.7. The minimum absolute atomic E-state index is 0.00982. The van der Waals surface area contributed by atoms with Gasteiger partial charge in [0, 0.05) is 18.1 Å². The fourth-order valence-electron chi connectivity index (χ4n) is 3.77. The molecule has 3 aromatic rings. The summed E-state index contributed by atoms with van der Waals surface area (Å²) in [6, 6.07) is 20.5. The molecule has 0 spiro atoms. The average Bonchev–Trinajstić information content (AvgIpc) is 2.93. The third kappa shape index (κ3) is 7.26. The summed E-state index contributed by atoms with van der Waals surface area (Å²) in [4.78, 5) is 28.0. The molecule has 3 aromatic carbocycles. The fourth-order valence-corrected chi connectivity index (χ4v) is 5.31. The van der Waals surface area contributed by atoms with Crippen molar-refractivity contribution in [2.75, 3.05) is 24.5 Å². The number of carbonyl (C=O) groups is 2. The number of rotatable bonds is 12. The Morgan fingerprint density at radius 2 is 1.61 bits per heavy atom. The standard InChI is InChI=1S/C28H32ClN3O5S/c1-4-18-30-28(34)21(2)31(19-22-8-6-5-7-9-22)27(33)20-32(24-12-10-23(29)11-13-24)38(35,36)26-16-14-25(37-3)15-17-26/h5-17,21H,4,18-20H2,1-3H3,(H,30,34). The van der Waals surface area contributed by atoms with Gasteiger partial charge in [0.25, 0.3) is 10.0 Å². The van der Waals surface area contributed by atoms with Gasteiger partial charge in [-0.1, -0.05) is 48.9 Å². The molecule has 10 heteroatoms. The molecule has 0 aliphatic rings. The Labute approximate surface area is 229 Å². The van der Waals surface area contributed by atoms with Crippen LogP contribution in [0.1, 0.15) is 25.8 Å². The quantitative estimate of drug-likeness (QED) is 0.354. The van der Waals surface area contributed by atoms with Crippen molar-refractivity contribution in [1.82, 2.24) is 10.2 Å². The van der Waals surface area contributed by atoms with Gasteiger partial charge in [-0.15, -0.1) is 0 Å². The first-order chi connectivity index (χ1) is 18.2. The van der Waals surface area contributed by atoms with E-state index in [-0.39, 0.29) is 23.0 Å². The number of methoxy groups -OCH3 is 1. The number of benzene rings is 3. The Balaban J connectivity index is 2.00. The second-order valence-corrected chi connectivity index (χ2v) is 10.9. The minimum Gasteiger partial charge on any atom is -0.497 e. The van der Waals surface area contributed by atoms with Gasteiger partial charge < -0.3 is 15.0 Å². The molecular weight excluding hydrogens is 526 g/mol. The second-order valence-electron chi connectivity index (χ2n) is 8.64. The largest absolute Gasteiger partial charge is 0.497 e. The van der Waals surface area contributed by atoms with E-state index in [4.69, 9.17) is 16.3 Å². The minimum atomic E-state index is -4.17. The summed E-state index contributed by atoms with van der Waals surface area (Å²) in [6.07, 6.45) is 0.746. The molecule has 0 aromatic heterocycles. The maximum atomic E-state index is 13.8. The molecule has 0 heterocycles. The highest BCUT2D eigenvalue weighted by Gasteiger charge is 2.32. The van der Waals surface area contributed by atoms with E-state index >= 15 is 0 Å². The van der Waals surface area contributed by atoms with Crippen LogP contribution in [0, 0.1) is 0 Å². The van der Waals surface area contributed by atoms with Crippen LogP contribution >= 0.6 is 11.6 Å². The first-order valence-corrected chi connectivity index (χ1v) is 14.0. The van der Waals surface area contributed by atoms with E-state index in [2.05, 4.69) is 5.32 Å². The van der Waals surface area contributed by atoms with Crippen LogP contribution in [0.25, 0.3) is 0 Å². The number of amides is 2. The highest BCUT2D eigenvalue weighted by atomic mass is 35.5. The molecule has 0 aliphatic heterocycles. The van der Waals surface area contributed by atoms with Gasteiger partial charge in [0.15, 0.2) is 0 Å². The lowest BCUT2D eigenvalue weighted by Crippen LogP contribution is -2.51. The van der Waals surface area contributed by atoms with Crippen molar-refractivity contribution in [3.05, 3.63) is 89.4 Å². The normalized spacial score (nSPS) is 11.9. The summed E-state index contributed by atoms with van der Waals surface area (Å²) in [5.41, 5.74) is 1.08. The van der Waals surface area contributed by atoms with E-state index in [1.807, 2.05) is 37.3 Å². The van der Waals surface area contributed by atoms with Crippen LogP contribution in [0.2, 0.25) is 5.02 Å². The first kappa shape index (κ1) is 29.0. The molecule has 1 atom stereocenters. The van der Waals surface area contributed by atoms with Gasteiger partial charge in [-0.05, 0) is 67.4 Å². The number of carbonyl (C=O) groups excluding carboxylic acids is 2. The molecule has 1 N–H and O–H groups in total. The molecule has 0 aliphatic carbocycles. The van der Waals surface area contributed by atoms with Gasteiger partial charge in [-0.2, -0.15) is 0 Å². The summed E-state index contributed by atoms with van der Waals surface area (Å²) < 4.78 is 33.7. The van der Waals surface area contributed by atoms with Crippen LogP contribution < -0.4 is 14.4 Å². The number of hydrogen-bond donors (Lipinski definition) is 1. The zero-order valence-corrected chi connectivity index (χ0v) is 23.2. The number of anilines is 1. The zero-order valence-electron chi connectivity index (χ0n) is 21.6. The highest BCUT2D eigenvalue weighted by Crippen LogP contribution is 2.27. The van der Waals surface area contributed by atoms with Crippen LogP contribution in [-0.4, -0.2) is 51.4 Å². The van der Waals surface area contributed by atoms with E-state index in [9.17, 15) is 18.0 Å². The molecule has 38 heavy (non-hydrogen) atoms. The molecular formula is C28H32ClN3O5S. The van der Waals surface area contributed by atoms with Gasteiger partial charge in [-0.25, -0.2) is 8.42 Å². The van der Waals surface area contributed by atoms with Crippen molar-refractivity contribution < 1.29 is 22.7 Å². The molecule has 0 saturated heterocycles. The third-order valence-electron chi connectivity index (χ3n) is 5.95. The van der Waals surface area contributed by atoms with Crippen molar-refractivity contribution in [2.45, 2.75) is 37.8 Å². The SMILES string of the molecule is CCCNC(=O)C(C)N(Cc1ccccc1)C(=O)CN(c1ccc(Cl)cc1)S(=O)(=O)c1ccc(OC)cc1. The van der Waals surface area contributed by atoms with Gasteiger partial charge in [0.2, 0.25) is 11.8 Å². The predicted molar refractivity (Wildman–Crippen MR) is 149 cm³/mol. The number of halogens is 1. The molecule has 0 fully saturated rings. The van der Waals surface area contributed by atoms with E-state index < -0.39 is 28.5 Å². The second kappa shape index (κ2) is 13.3. The molecule has 1 unspecified atom stereocenters. The maximum absolute atomic E-state index is 13.8. The Bertz CT molecular complexity index is 1320. The summed E-state index contributed by atoms with van der Waals surface area (Å²) >= 11 is 6.04. The molecule has 3 rings (SSSR count). The van der Waals surface area contributed by atoms with E-state index in [1.54, 1.807) is 19.1 Å². The van der Waals surface area contributed by atoms with Crippen molar-refractivity contribution in [2.24, 2.45) is 0 Å². The highest BCUT2D eigenvalue weighted by molar-refractivity contribution is 7.92. The molecule has 0 saturated carbocycles. The fraction of sp³-hybridized carbons (Fsp3) is 0.286. The van der Waals surface area contributed by atoms with Gasteiger partial charge in [0.1, 0.15) is 18.3 Å². The van der Waals surface area contributed by atoms with E-state index in [1.165, 1.54) is 48.4 Å². The lowest BCUT2D eigenvalue weighted by Gasteiger charge is -2.32. The van der Waals surface area contributed by atoms with Crippen LogP contribution in [0.4, 0.5) is 5.69 Å². The Morgan fingerprint density at radius 1 is 0.974 bits per heavy atom. The smallest absolute Gasteiger partial charge is 0.264 e. The molecule has 0 radical (unpaired) electrons. The van der Waals surface area contributed by atoms with Gasteiger partial charge in [-0.3, -0.25) is 13.9 Å². The molecule has 8 nitrogen and oxygen atoms in total. The van der Waals surface area contributed by atoms with Crippen LogP contribution in [0.5, 0.6) is 5.75 Å². The first-order valence-electron chi connectivity index (χ1n) is 12.2. The van der Waals surface area contributed by atoms with E-state index in [0.717, 1.165) is 16.3 Å². The van der Waals surface area contributed by atoms with Crippen molar-refractivity contribution >= 4 is 39.1 Å². The van der Waals surface area contributed by atoms with Crippen LogP contribution in [0.3, 0.4) is 0 Å². The van der Waals surface area contributed by atoms with Crippen LogP contribution in [0.15, 0.2) is 83.8 Å². The predicted octanol–water partition coefficient (Wildman–Crippen LogP) is 4.49.